The molecule has 0 heterocycles. The average molecular weight is 637 g/mol. The predicted molar refractivity (Wildman–Crippen MR) is 150 cm³/mol. The van der Waals surface area contributed by atoms with Gasteiger partial charge in [0.15, 0.2) is 0 Å². The van der Waals surface area contributed by atoms with Crippen LogP contribution in [0, 0.1) is 15.3 Å². The third-order valence-electron chi connectivity index (χ3n) is 7.24. The molecule has 2 aromatic rings. The summed E-state index contributed by atoms with van der Waals surface area (Å²) in [5.74, 6) is 0.00546. The second-order valence-corrected chi connectivity index (χ2v) is 11.1. The van der Waals surface area contributed by atoms with E-state index in [4.69, 9.17) is 4.74 Å². The van der Waals surface area contributed by atoms with Crippen LogP contribution in [-0.4, -0.2) is 58.3 Å². The van der Waals surface area contributed by atoms with Gasteiger partial charge in [0.2, 0.25) is 11.8 Å². The number of carbonyl (C=O) groups excluding carboxylic acids is 2. The Kier molecular flexibility index (Phi) is 10.1. The Bertz CT molecular complexity index is 1140. The van der Waals surface area contributed by atoms with Crippen molar-refractivity contribution in [3.8, 4) is 5.75 Å². The second kappa shape index (κ2) is 13.5. The molecule has 0 bridgehead atoms. The molecular weight excluding hydrogens is 602 g/mol. The fourth-order valence-electron chi connectivity index (χ4n) is 5.22. The van der Waals surface area contributed by atoms with Gasteiger partial charge in [0.25, 0.3) is 0 Å². The minimum atomic E-state index is -1.10. The van der Waals surface area contributed by atoms with E-state index in [0.29, 0.717) is 23.7 Å². The Morgan fingerprint density at radius 1 is 1.11 bits per heavy atom. The number of hydrogen-bond donors (Lipinski definition) is 3. The fourth-order valence-corrected chi connectivity index (χ4v) is 5.74. The van der Waals surface area contributed by atoms with Crippen LogP contribution in [0.4, 0.5) is 4.39 Å². The van der Waals surface area contributed by atoms with Gasteiger partial charge >= 0.3 is 0 Å². The molecule has 4 rings (SSSR count). The molecule has 1 fully saturated rings. The van der Waals surface area contributed by atoms with E-state index >= 15 is 0 Å². The third kappa shape index (κ3) is 7.33. The molecule has 38 heavy (non-hydrogen) atoms. The van der Waals surface area contributed by atoms with E-state index in [1.54, 1.807) is 29.2 Å². The lowest BCUT2D eigenvalue weighted by atomic mass is 9.87. The zero-order valence-electron chi connectivity index (χ0n) is 21.2. The van der Waals surface area contributed by atoms with Gasteiger partial charge in [-0.25, -0.2) is 4.39 Å². The minimum absolute atomic E-state index is 0.0887. The summed E-state index contributed by atoms with van der Waals surface area (Å²) in [7, 11) is 0. The Morgan fingerprint density at radius 2 is 1.82 bits per heavy atom. The van der Waals surface area contributed by atoms with Gasteiger partial charge in [0.1, 0.15) is 23.8 Å². The molecule has 2 amide bonds. The van der Waals surface area contributed by atoms with Crippen molar-refractivity contribution >= 4 is 34.4 Å². The van der Waals surface area contributed by atoms with E-state index in [1.165, 1.54) is 12.1 Å². The molecule has 3 atom stereocenters. The highest BCUT2D eigenvalue weighted by atomic mass is 127. The van der Waals surface area contributed by atoms with Crippen molar-refractivity contribution < 1.29 is 28.9 Å². The molecule has 1 saturated carbocycles. The van der Waals surface area contributed by atoms with Crippen molar-refractivity contribution in [2.45, 2.75) is 63.3 Å². The van der Waals surface area contributed by atoms with Crippen molar-refractivity contribution in [3.63, 3.8) is 0 Å². The maximum Gasteiger partial charge on any atom is 0.247 e. The van der Waals surface area contributed by atoms with Gasteiger partial charge in [-0.3, -0.25) is 9.59 Å². The van der Waals surface area contributed by atoms with Crippen LogP contribution in [-0.2, 0) is 16.1 Å². The molecule has 3 N–H and O–H groups in total. The molecule has 0 unspecified atom stereocenters. The summed E-state index contributed by atoms with van der Waals surface area (Å²) in [6.07, 6.45) is 4.31. The Hall–Kier alpha value is -2.50. The molecule has 2 aromatic carbocycles. The Labute approximate surface area is 236 Å². The number of carbonyl (C=O) groups is 2. The highest BCUT2D eigenvalue weighted by Gasteiger charge is 2.41. The predicted octanol–water partition coefficient (Wildman–Crippen LogP) is 3.95. The van der Waals surface area contributed by atoms with E-state index in [2.05, 4.69) is 27.9 Å². The van der Waals surface area contributed by atoms with E-state index < -0.39 is 18.2 Å². The first-order valence-corrected chi connectivity index (χ1v) is 14.2. The van der Waals surface area contributed by atoms with Crippen molar-refractivity contribution in [3.05, 3.63) is 75.1 Å². The van der Waals surface area contributed by atoms with Crippen LogP contribution in [0.5, 0.6) is 5.75 Å². The molecule has 204 valence electrons. The topological polar surface area (TPSA) is 99.1 Å². The highest BCUT2D eigenvalue weighted by Crippen LogP contribution is 2.33. The van der Waals surface area contributed by atoms with Gasteiger partial charge in [-0.05, 0) is 77.3 Å². The highest BCUT2D eigenvalue weighted by molar-refractivity contribution is 14.1. The molecule has 0 radical (unpaired) electrons. The number of aliphatic hydroxyl groups is 2. The normalized spacial score (nSPS) is 21.6. The van der Waals surface area contributed by atoms with Gasteiger partial charge in [-0.2, -0.15) is 0 Å². The number of hydrogen-bond acceptors (Lipinski definition) is 5. The van der Waals surface area contributed by atoms with Gasteiger partial charge in [0, 0.05) is 31.5 Å². The van der Waals surface area contributed by atoms with Crippen LogP contribution < -0.4 is 10.1 Å². The number of rotatable bonds is 10. The van der Waals surface area contributed by atoms with E-state index in [9.17, 15) is 24.2 Å². The maximum absolute atomic E-state index is 13.7. The van der Waals surface area contributed by atoms with Crippen LogP contribution in [0.15, 0.2) is 60.2 Å². The van der Waals surface area contributed by atoms with Crippen molar-refractivity contribution in [1.82, 2.24) is 10.2 Å². The maximum atomic E-state index is 13.7. The molecule has 0 aliphatic heterocycles. The van der Waals surface area contributed by atoms with Crippen molar-refractivity contribution in [2.75, 3.05) is 13.2 Å². The summed E-state index contributed by atoms with van der Waals surface area (Å²) in [4.78, 5) is 28.3. The van der Waals surface area contributed by atoms with Gasteiger partial charge in [-0.1, -0.05) is 37.1 Å². The van der Waals surface area contributed by atoms with Gasteiger partial charge in [-0.15, -0.1) is 0 Å². The summed E-state index contributed by atoms with van der Waals surface area (Å²) in [5, 5.41) is 23.4. The molecule has 0 saturated heterocycles. The van der Waals surface area contributed by atoms with Crippen LogP contribution >= 0.6 is 22.6 Å². The number of nitrogens with zero attached hydrogens (tertiary/aromatic N) is 1. The lowest BCUT2D eigenvalue weighted by Gasteiger charge is -2.41. The summed E-state index contributed by atoms with van der Waals surface area (Å²) < 4.78 is 20.6. The standard InChI is InChI=1S/C29H34FIN2O5/c30-22-11-9-20(10-12-22)18-33(27(35)15-19-5-1-2-6-19)24-16-21(29(37)32-13-14-34)17-26(28(24)36)38-25-8-4-3-7-23(25)31/h3-4,7-12,17,19,24,26,28,34,36H,1-2,5-6,13-16,18H2,(H,32,37)/t24-,26+,28+/m1/s1. The van der Waals surface area contributed by atoms with Crippen LogP contribution in [0.3, 0.4) is 0 Å². The second-order valence-electron chi connectivity index (χ2n) is 9.95. The summed E-state index contributed by atoms with van der Waals surface area (Å²) in [5.41, 5.74) is 1.11. The summed E-state index contributed by atoms with van der Waals surface area (Å²) in [6.45, 7) is 0.0594. The van der Waals surface area contributed by atoms with E-state index in [-0.39, 0.29) is 43.7 Å². The number of ether oxygens (including phenoxy) is 1. The Morgan fingerprint density at radius 3 is 2.50 bits per heavy atom. The quantitative estimate of drug-likeness (QED) is 0.344. The monoisotopic (exact) mass is 636 g/mol. The fraction of sp³-hybridized carbons (Fsp3) is 0.448. The number of nitrogens with one attached hydrogen (secondary N) is 1. The molecule has 0 aromatic heterocycles. The smallest absolute Gasteiger partial charge is 0.247 e. The van der Waals surface area contributed by atoms with E-state index in [1.807, 2.05) is 18.2 Å². The first-order valence-electron chi connectivity index (χ1n) is 13.1. The lowest BCUT2D eigenvalue weighted by molar-refractivity contribution is -0.140. The molecule has 2 aliphatic rings. The van der Waals surface area contributed by atoms with Crippen LogP contribution in [0.25, 0.3) is 0 Å². The number of halogens is 2. The van der Waals surface area contributed by atoms with Gasteiger partial charge in [0.05, 0.1) is 16.2 Å². The SMILES string of the molecule is O=C(NCCO)C1=C[C@H](Oc2ccccc2I)[C@@H](O)[C@H](N(Cc2ccc(F)cc2)C(=O)CC2CCCC2)C1. The zero-order chi connectivity index (χ0) is 27.1. The summed E-state index contributed by atoms with van der Waals surface area (Å²) >= 11 is 2.15. The molecule has 2 aliphatic carbocycles. The largest absolute Gasteiger partial charge is 0.482 e. The van der Waals surface area contributed by atoms with Crippen molar-refractivity contribution in [2.24, 2.45) is 5.92 Å². The lowest BCUT2D eigenvalue weighted by Crippen LogP contribution is -2.55. The van der Waals surface area contributed by atoms with Crippen LogP contribution in [0.2, 0.25) is 0 Å². The minimum Gasteiger partial charge on any atom is -0.482 e. The van der Waals surface area contributed by atoms with E-state index in [0.717, 1.165) is 34.8 Å². The first kappa shape index (κ1) is 28.5. The zero-order valence-corrected chi connectivity index (χ0v) is 23.3. The number of para-hydroxylation sites is 1. The molecular formula is C29H34FIN2O5. The number of amides is 2. The van der Waals surface area contributed by atoms with Gasteiger partial charge < -0.3 is 25.2 Å². The van der Waals surface area contributed by atoms with Crippen LogP contribution in [0.1, 0.15) is 44.1 Å². The number of aliphatic hydroxyl groups excluding tert-OH is 2. The molecule has 0 spiro atoms. The third-order valence-corrected chi connectivity index (χ3v) is 8.13. The van der Waals surface area contributed by atoms with Crippen molar-refractivity contribution in [1.29, 1.82) is 0 Å². The summed E-state index contributed by atoms with van der Waals surface area (Å²) in [6, 6.07) is 12.6. The Balaban J connectivity index is 1.66. The molecule has 7 nitrogen and oxygen atoms in total. The first-order chi connectivity index (χ1) is 18.4. The molecule has 9 heteroatoms. The average Bonchev–Trinajstić information content (AvgIpc) is 3.42. The number of benzene rings is 2.